The lowest BCUT2D eigenvalue weighted by Crippen LogP contribution is -2.12. The second-order valence-corrected chi connectivity index (χ2v) is 6.55. The summed E-state index contributed by atoms with van der Waals surface area (Å²) in [6.45, 7) is 4.84. The Morgan fingerprint density at radius 1 is 0.931 bits per heavy atom. The Morgan fingerprint density at radius 3 is 2.45 bits per heavy atom. The van der Waals surface area contributed by atoms with Gasteiger partial charge in [-0.05, 0) is 49.7 Å². The molecule has 0 radical (unpaired) electrons. The van der Waals surface area contributed by atoms with E-state index in [1.807, 2.05) is 56.3 Å². The molecule has 5 nitrogen and oxygen atoms in total. The smallest absolute Gasteiger partial charge is 0.255 e. The van der Waals surface area contributed by atoms with Crippen LogP contribution in [0, 0.1) is 6.92 Å². The minimum atomic E-state index is -0.232. The first-order valence-electron chi connectivity index (χ1n) is 9.49. The summed E-state index contributed by atoms with van der Waals surface area (Å²) in [5, 5.41) is 2.87. The van der Waals surface area contributed by atoms with Crippen molar-refractivity contribution in [3.63, 3.8) is 0 Å². The van der Waals surface area contributed by atoms with Crippen molar-refractivity contribution in [2.75, 3.05) is 19.0 Å². The Labute approximate surface area is 171 Å². The Balaban J connectivity index is 1.73. The molecule has 1 amide bonds. The van der Waals surface area contributed by atoms with Gasteiger partial charge in [-0.2, -0.15) is 0 Å². The Bertz CT molecular complexity index is 967. The first-order chi connectivity index (χ1) is 14.1. The van der Waals surface area contributed by atoms with E-state index in [-0.39, 0.29) is 5.91 Å². The highest BCUT2D eigenvalue weighted by Gasteiger charge is 2.12. The zero-order valence-corrected chi connectivity index (χ0v) is 16.9. The summed E-state index contributed by atoms with van der Waals surface area (Å²) >= 11 is 0. The third kappa shape index (κ3) is 5.51. The molecule has 0 aliphatic rings. The molecule has 1 N–H and O–H groups in total. The Hall–Kier alpha value is -3.47. The van der Waals surface area contributed by atoms with Crippen LogP contribution in [0.1, 0.15) is 28.4 Å². The molecule has 29 heavy (non-hydrogen) atoms. The number of aryl methyl sites for hydroxylation is 1. The van der Waals surface area contributed by atoms with Crippen LogP contribution in [0.3, 0.4) is 0 Å². The lowest BCUT2D eigenvalue weighted by molar-refractivity contribution is 0.102. The van der Waals surface area contributed by atoms with Crippen LogP contribution < -0.4 is 19.5 Å². The number of rotatable bonds is 8. The summed E-state index contributed by atoms with van der Waals surface area (Å²) in [7, 11) is 1.59. The quantitative estimate of drug-likeness (QED) is 0.571. The van der Waals surface area contributed by atoms with E-state index in [1.54, 1.807) is 31.4 Å². The first-order valence-corrected chi connectivity index (χ1v) is 9.49. The van der Waals surface area contributed by atoms with E-state index in [0.29, 0.717) is 41.7 Å². The number of ether oxygens (including phenoxy) is 3. The second-order valence-electron chi connectivity index (χ2n) is 6.55. The van der Waals surface area contributed by atoms with E-state index in [4.69, 9.17) is 14.2 Å². The molecule has 0 heterocycles. The van der Waals surface area contributed by atoms with Gasteiger partial charge in [-0.3, -0.25) is 4.79 Å². The number of nitrogens with one attached hydrogen (secondary N) is 1. The van der Waals surface area contributed by atoms with Crippen molar-refractivity contribution >= 4 is 11.6 Å². The molecule has 0 saturated heterocycles. The van der Waals surface area contributed by atoms with Gasteiger partial charge < -0.3 is 19.5 Å². The molecule has 3 rings (SSSR count). The van der Waals surface area contributed by atoms with Crippen molar-refractivity contribution in [1.82, 2.24) is 0 Å². The van der Waals surface area contributed by atoms with Gasteiger partial charge in [-0.1, -0.05) is 35.9 Å². The van der Waals surface area contributed by atoms with Gasteiger partial charge in [-0.15, -0.1) is 0 Å². The molecular formula is C24H25NO4. The third-order valence-corrected chi connectivity index (χ3v) is 4.35. The normalized spacial score (nSPS) is 10.3. The minimum absolute atomic E-state index is 0.232. The molecule has 0 aliphatic heterocycles. The molecule has 0 aromatic heterocycles. The first kappa shape index (κ1) is 20.3. The molecule has 0 saturated carbocycles. The summed E-state index contributed by atoms with van der Waals surface area (Å²) in [6, 6.07) is 20.6. The molecular weight excluding hydrogens is 366 g/mol. The number of benzene rings is 3. The van der Waals surface area contributed by atoms with Crippen molar-refractivity contribution in [2.24, 2.45) is 0 Å². The topological polar surface area (TPSA) is 56.8 Å². The number of carbonyl (C=O) groups excluding carboxylic acids is 1. The third-order valence-electron chi connectivity index (χ3n) is 4.35. The zero-order valence-electron chi connectivity index (χ0n) is 16.9. The second kappa shape index (κ2) is 9.64. The fourth-order valence-corrected chi connectivity index (χ4v) is 2.79. The molecule has 0 fully saturated rings. The van der Waals surface area contributed by atoms with E-state index in [2.05, 4.69) is 5.32 Å². The number of amides is 1. The fourth-order valence-electron chi connectivity index (χ4n) is 2.79. The van der Waals surface area contributed by atoms with Crippen molar-refractivity contribution in [3.8, 4) is 17.2 Å². The van der Waals surface area contributed by atoms with Crippen LogP contribution in [0.15, 0.2) is 66.7 Å². The van der Waals surface area contributed by atoms with Gasteiger partial charge in [0.25, 0.3) is 5.91 Å². The van der Waals surface area contributed by atoms with Gasteiger partial charge in [-0.25, -0.2) is 0 Å². The van der Waals surface area contributed by atoms with Crippen LogP contribution in [0.5, 0.6) is 17.2 Å². The van der Waals surface area contributed by atoms with Gasteiger partial charge in [0, 0.05) is 17.3 Å². The van der Waals surface area contributed by atoms with Gasteiger partial charge in [0.15, 0.2) is 11.5 Å². The average Bonchev–Trinajstić information content (AvgIpc) is 2.74. The SMILES string of the molecule is CCOc1cc(C(=O)Nc2cccc(OC)c2)ccc1OCc1ccc(C)cc1. The molecule has 3 aromatic rings. The minimum Gasteiger partial charge on any atom is -0.497 e. The van der Waals surface area contributed by atoms with Crippen molar-refractivity contribution in [3.05, 3.63) is 83.4 Å². The van der Waals surface area contributed by atoms with E-state index in [0.717, 1.165) is 5.56 Å². The molecule has 0 atom stereocenters. The number of carbonyl (C=O) groups is 1. The lowest BCUT2D eigenvalue weighted by atomic mass is 10.1. The van der Waals surface area contributed by atoms with Crippen molar-refractivity contribution in [2.45, 2.75) is 20.5 Å². The Kier molecular flexibility index (Phi) is 6.74. The predicted molar refractivity (Wildman–Crippen MR) is 114 cm³/mol. The van der Waals surface area contributed by atoms with Gasteiger partial charge in [0.05, 0.1) is 13.7 Å². The van der Waals surface area contributed by atoms with Crippen molar-refractivity contribution < 1.29 is 19.0 Å². The maximum atomic E-state index is 12.6. The molecule has 3 aromatic carbocycles. The van der Waals surface area contributed by atoms with Crippen LogP contribution in [-0.4, -0.2) is 19.6 Å². The van der Waals surface area contributed by atoms with Gasteiger partial charge >= 0.3 is 0 Å². The summed E-state index contributed by atoms with van der Waals surface area (Å²) in [4.78, 5) is 12.6. The molecule has 0 unspecified atom stereocenters. The number of hydrogen-bond acceptors (Lipinski definition) is 4. The maximum absolute atomic E-state index is 12.6. The summed E-state index contributed by atoms with van der Waals surface area (Å²) in [5.74, 6) is 1.59. The van der Waals surface area contributed by atoms with Crippen LogP contribution in [-0.2, 0) is 6.61 Å². The van der Waals surface area contributed by atoms with E-state index in [1.165, 1.54) is 5.56 Å². The highest BCUT2D eigenvalue weighted by Crippen LogP contribution is 2.30. The van der Waals surface area contributed by atoms with Crippen LogP contribution >= 0.6 is 0 Å². The molecule has 150 valence electrons. The largest absolute Gasteiger partial charge is 0.497 e. The van der Waals surface area contributed by atoms with Crippen LogP contribution in [0.4, 0.5) is 5.69 Å². The maximum Gasteiger partial charge on any atom is 0.255 e. The van der Waals surface area contributed by atoms with Gasteiger partial charge in [0.2, 0.25) is 0 Å². The molecule has 0 aliphatic carbocycles. The number of methoxy groups -OCH3 is 1. The van der Waals surface area contributed by atoms with E-state index < -0.39 is 0 Å². The summed E-state index contributed by atoms with van der Waals surface area (Å²) in [5.41, 5.74) is 3.42. The monoisotopic (exact) mass is 391 g/mol. The van der Waals surface area contributed by atoms with E-state index >= 15 is 0 Å². The van der Waals surface area contributed by atoms with Crippen molar-refractivity contribution in [1.29, 1.82) is 0 Å². The highest BCUT2D eigenvalue weighted by atomic mass is 16.5. The number of anilines is 1. The zero-order chi connectivity index (χ0) is 20.6. The van der Waals surface area contributed by atoms with Crippen LogP contribution in [0.25, 0.3) is 0 Å². The summed E-state index contributed by atoms with van der Waals surface area (Å²) < 4.78 is 16.8. The predicted octanol–water partition coefficient (Wildman–Crippen LogP) is 5.23. The van der Waals surface area contributed by atoms with E-state index in [9.17, 15) is 4.79 Å². The number of hydrogen-bond donors (Lipinski definition) is 1. The van der Waals surface area contributed by atoms with Gasteiger partial charge in [0.1, 0.15) is 12.4 Å². The highest BCUT2D eigenvalue weighted by molar-refractivity contribution is 6.04. The Morgan fingerprint density at radius 2 is 1.72 bits per heavy atom. The molecule has 0 spiro atoms. The standard InChI is InChI=1S/C24H25NO4/c1-4-28-23-14-19(24(26)25-20-6-5-7-21(15-20)27-3)12-13-22(23)29-16-18-10-8-17(2)9-11-18/h5-15H,4,16H2,1-3H3,(H,25,26). The molecule has 0 bridgehead atoms. The fraction of sp³-hybridized carbons (Fsp3) is 0.208. The average molecular weight is 391 g/mol. The lowest BCUT2D eigenvalue weighted by Gasteiger charge is -2.14. The molecule has 5 heteroatoms. The van der Waals surface area contributed by atoms with Crippen LogP contribution in [0.2, 0.25) is 0 Å². The summed E-state index contributed by atoms with van der Waals surface area (Å²) in [6.07, 6.45) is 0.